The van der Waals surface area contributed by atoms with Crippen molar-refractivity contribution in [1.82, 2.24) is 19.5 Å². The molecule has 3 heterocycles. The topological polar surface area (TPSA) is 115 Å². The molecule has 9 heteroatoms. The summed E-state index contributed by atoms with van der Waals surface area (Å²) < 4.78 is 13.8. The Hall–Kier alpha value is -2.59. The smallest absolute Gasteiger partial charge is 0.167 e. The summed E-state index contributed by atoms with van der Waals surface area (Å²) >= 11 is 0. The summed E-state index contributed by atoms with van der Waals surface area (Å²) in [5.41, 5.74) is 1.64. The Bertz CT molecular complexity index is 1050. The third-order valence-electron chi connectivity index (χ3n) is 5.63. The maximum atomic E-state index is 10.2. The SMILES string of the molecule is CC(C)(O)O[C@H]1C[C@H](n2cnc3c(NCc4ccccc4)ncnc32)OC12CC2O. The summed E-state index contributed by atoms with van der Waals surface area (Å²) in [4.78, 5) is 13.3. The molecular weight excluding hydrogens is 386 g/mol. The fraction of sp³-hybridized carbons (Fsp3) is 0.476. The average Bonchev–Trinajstić information content (AvgIpc) is 3.02. The largest absolute Gasteiger partial charge is 0.390 e. The number of imidazole rings is 1. The molecule has 9 nitrogen and oxygen atoms in total. The second-order valence-electron chi connectivity index (χ2n) is 8.42. The molecule has 1 saturated heterocycles. The summed E-state index contributed by atoms with van der Waals surface area (Å²) in [5.74, 6) is -0.669. The number of rotatable bonds is 6. The van der Waals surface area contributed by atoms with Crippen LogP contribution in [0.1, 0.15) is 38.5 Å². The second kappa shape index (κ2) is 6.98. The van der Waals surface area contributed by atoms with Gasteiger partial charge in [0.05, 0.1) is 18.5 Å². The van der Waals surface area contributed by atoms with Gasteiger partial charge in [0.2, 0.25) is 0 Å². The van der Waals surface area contributed by atoms with Crippen molar-refractivity contribution in [3.63, 3.8) is 0 Å². The normalized spacial score (nSPS) is 28.3. The van der Waals surface area contributed by atoms with Gasteiger partial charge in [-0.15, -0.1) is 0 Å². The number of aliphatic hydroxyl groups is 2. The van der Waals surface area contributed by atoms with Gasteiger partial charge in [0.1, 0.15) is 18.2 Å². The number of anilines is 1. The molecule has 1 spiro atoms. The van der Waals surface area contributed by atoms with Gasteiger partial charge in [-0.3, -0.25) is 4.57 Å². The minimum absolute atomic E-state index is 0.406. The zero-order chi connectivity index (χ0) is 20.9. The van der Waals surface area contributed by atoms with Crippen LogP contribution in [0.15, 0.2) is 43.0 Å². The van der Waals surface area contributed by atoms with Crippen molar-refractivity contribution >= 4 is 17.0 Å². The van der Waals surface area contributed by atoms with Crippen molar-refractivity contribution in [1.29, 1.82) is 0 Å². The summed E-state index contributed by atoms with van der Waals surface area (Å²) in [6.07, 6.45) is 2.69. The number of nitrogens with zero attached hydrogens (tertiary/aromatic N) is 4. The summed E-state index contributed by atoms with van der Waals surface area (Å²) in [6, 6.07) is 10.0. The molecule has 2 aromatic heterocycles. The predicted octanol–water partition coefficient (Wildman–Crippen LogP) is 1.97. The number of nitrogens with one attached hydrogen (secondary N) is 1. The van der Waals surface area contributed by atoms with Crippen LogP contribution in [-0.2, 0) is 16.0 Å². The first-order valence-corrected chi connectivity index (χ1v) is 10.1. The van der Waals surface area contributed by atoms with E-state index in [1.807, 2.05) is 34.9 Å². The Morgan fingerprint density at radius 2 is 2.03 bits per heavy atom. The average molecular weight is 411 g/mol. The Balaban J connectivity index is 1.39. The molecule has 4 atom stereocenters. The number of hydrogen-bond donors (Lipinski definition) is 3. The van der Waals surface area contributed by atoms with E-state index >= 15 is 0 Å². The van der Waals surface area contributed by atoms with Crippen LogP contribution in [0.25, 0.3) is 11.2 Å². The van der Waals surface area contributed by atoms with Gasteiger partial charge in [0.15, 0.2) is 22.8 Å². The molecule has 3 aromatic rings. The Morgan fingerprint density at radius 1 is 1.27 bits per heavy atom. The highest BCUT2D eigenvalue weighted by molar-refractivity contribution is 5.82. The number of hydrogen-bond acceptors (Lipinski definition) is 8. The number of benzene rings is 1. The van der Waals surface area contributed by atoms with Gasteiger partial charge in [-0.25, -0.2) is 15.0 Å². The maximum absolute atomic E-state index is 10.2. The van der Waals surface area contributed by atoms with E-state index in [9.17, 15) is 10.2 Å². The predicted molar refractivity (Wildman–Crippen MR) is 108 cm³/mol. The van der Waals surface area contributed by atoms with Crippen molar-refractivity contribution < 1.29 is 19.7 Å². The summed E-state index contributed by atoms with van der Waals surface area (Å²) in [6.45, 7) is 3.77. The zero-order valence-electron chi connectivity index (χ0n) is 16.9. The fourth-order valence-corrected chi connectivity index (χ4v) is 4.12. The van der Waals surface area contributed by atoms with Gasteiger partial charge in [-0.1, -0.05) is 30.3 Å². The van der Waals surface area contributed by atoms with Gasteiger partial charge in [0, 0.05) is 19.4 Å². The standard InChI is InChI=1S/C21H25N5O4/c1-20(2,28)29-15-8-16(30-21(15)9-14(21)27)26-12-25-17-18(23-11-24-19(17)26)22-10-13-6-4-3-5-7-13/h3-7,11-12,14-16,27-28H,8-10H2,1-2H3,(H,22,23,24)/t14?,15-,16+,21?/m0/s1. The molecule has 1 aromatic carbocycles. The van der Waals surface area contributed by atoms with Crippen LogP contribution in [0.5, 0.6) is 0 Å². The summed E-state index contributed by atoms with van der Waals surface area (Å²) in [7, 11) is 0. The quantitative estimate of drug-likeness (QED) is 0.528. The van der Waals surface area contributed by atoms with Crippen molar-refractivity contribution in [2.45, 2.75) is 63.1 Å². The lowest BCUT2D eigenvalue weighted by Crippen LogP contribution is -2.38. The highest BCUT2D eigenvalue weighted by atomic mass is 16.7. The Labute approximate surface area is 173 Å². The molecule has 30 heavy (non-hydrogen) atoms. The van der Waals surface area contributed by atoms with Gasteiger partial charge in [-0.2, -0.15) is 0 Å². The molecule has 5 rings (SSSR count). The van der Waals surface area contributed by atoms with E-state index in [1.165, 1.54) is 6.33 Å². The molecule has 0 bridgehead atoms. The van der Waals surface area contributed by atoms with Crippen LogP contribution >= 0.6 is 0 Å². The maximum Gasteiger partial charge on any atom is 0.167 e. The highest BCUT2D eigenvalue weighted by Crippen LogP contribution is 2.55. The third-order valence-corrected chi connectivity index (χ3v) is 5.63. The van der Waals surface area contributed by atoms with E-state index in [0.717, 1.165) is 5.56 Å². The fourth-order valence-electron chi connectivity index (χ4n) is 4.12. The number of aliphatic hydroxyl groups excluding tert-OH is 1. The highest BCUT2D eigenvalue weighted by Gasteiger charge is 2.67. The van der Waals surface area contributed by atoms with Crippen molar-refractivity contribution in [3.05, 3.63) is 48.5 Å². The number of fused-ring (bicyclic) bond motifs is 1. The van der Waals surface area contributed by atoms with Gasteiger partial charge < -0.3 is 25.0 Å². The minimum atomic E-state index is -1.31. The number of ether oxygens (including phenoxy) is 2. The van der Waals surface area contributed by atoms with E-state index in [0.29, 0.717) is 36.4 Å². The molecule has 158 valence electrons. The molecule has 3 N–H and O–H groups in total. The van der Waals surface area contributed by atoms with Crippen LogP contribution in [0.3, 0.4) is 0 Å². The van der Waals surface area contributed by atoms with Gasteiger partial charge in [-0.05, 0) is 19.4 Å². The van der Waals surface area contributed by atoms with Crippen molar-refractivity contribution in [2.75, 3.05) is 5.32 Å². The van der Waals surface area contributed by atoms with Gasteiger partial charge >= 0.3 is 0 Å². The number of aromatic nitrogens is 4. The van der Waals surface area contributed by atoms with Crippen LogP contribution in [0.2, 0.25) is 0 Å². The minimum Gasteiger partial charge on any atom is -0.390 e. The van der Waals surface area contributed by atoms with Crippen LogP contribution in [0, 0.1) is 0 Å². The molecule has 1 aliphatic carbocycles. The van der Waals surface area contributed by atoms with Crippen molar-refractivity contribution in [2.24, 2.45) is 0 Å². The molecule has 2 aliphatic rings. The molecule has 2 fully saturated rings. The first kappa shape index (κ1) is 19.4. The van der Waals surface area contributed by atoms with Crippen LogP contribution in [0.4, 0.5) is 5.82 Å². The molecule has 2 unspecified atom stereocenters. The van der Waals surface area contributed by atoms with E-state index in [2.05, 4.69) is 20.3 Å². The van der Waals surface area contributed by atoms with Gasteiger partial charge in [0.25, 0.3) is 0 Å². The van der Waals surface area contributed by atoms with E-state index < -0.39 is 29.8 Å². The van der Waals surface area contributed by atoms with E-state index in [4.69, 9.17) is 9.47 Å². The lowest BCUT2D eigenvalue weighted by Gasteiger charge is -2.26. The molecule has 1 aliphatic heterocycles. The van der Waals surface area contributed by atoms with Crippen LogP contribution < -0.4 is 5.32 Å². The lowest BCUT2D eigenvalue weighted by atomic mass is 10.1. The van der Waals surface area contributed by atoms with Crippen molar-refractivity contribution in [3.8, 4) is 0 Å². The Kier molecular flexibility index (Phi) is 4.51. The summed E-state index contributed by atoms with van der Waals surface area (Å²) in [5, 5.41) is 23.6. The van der Waals surface area contributed by atoms with E-state index in [-0.39, 0.29) is 0 Å². The molecule has 0 amide bonds. The molecule has 0 radical (unpaired) electrons. The second-order valence-corrected chi connectivity index (χ2v) is 8.42. The third kappa shape index (κ3) is 3.43. The zero-order valence-corrected chi connectivity index (χ0v) is 16.9. The first-order valence-electron chi connectivity index (χ1n) is 10.1. The molecule has 1 saturated carbocycles. The first-order chi connectivity index (χ1) is 14.4. The molecular formula is C21H25N5O4. The lowest BCUT2D eigenvalue weighted by molar-refractivity contribution is -0.221. The van der Waals surface area contributed by atoms with Crippen LogP contribution in [-0.4, -0.2) is 53.3 Å². The Morgan fingerprint density at radius 3 is 2.73 bits per heavy atom. The monoisotopic (exact) mass is 411 g/mol. The van der Waals surface area contributed by atoms with E-state index in [1.54, 1.807) is 20.2 Å².